The zero-order chi connectivity index (χ0) is 13.9. The summed E-state index contributed by atoms with van der Waals surface area (Å²) in [6.07, 6.45) is 1.59. The molecule has 5 heteroatoms. The maximum Gasteiger partial charge on any atom is 0.147 e. The summed E-state index contributed by atoms with van der Waals surface area (Å²) in [6.45, 7) is 9.19. The van der Waals surface area contributed by atoms with Gasteiger partial charge in [-0.05, 0) is 54.4 Å². The standard InChI is InChI=1S/C13H18BrO3P/c1-5-13(4,7-15)16-12-8(2)6-10(17-18)9(3)11(12)14/h5-6,15H,1,7,18H2,2-4H3. The van der Waals surface area contributed by atoms with Gasteiger partial charge in [-0.25, -0.2) is 0 Å². The number of halogens is 1. The number of aryl methyl sites for hydroxylation is 1. The molecule has 1 N–H and O–H groups in total. The first-order valence-electron chi connectivity index (χ1n) is 5.48. The lowest BCUT2D eigenvalue weighted by molar-refractivity contribution is 0.0648. The third-order valence-corrected chi connectivity index (χ3v) is 4.02. The molecule has 0 saturated carbocycles. The number of hydrogen-bond donors (Lipinski definition) is 1. The van der Waals surface area contributed by atoms with E-state index in [1.807, 2.05) is 19.9 Å². The van der Waals surface area contributed by atoms with Crippen LogP contribution in [0.1, 0.15) is 18.1 Å². The minimum absolute atomic E-state index is 0.136. The topological polar surface area (TPSA) is 38.7 Å². The third kappa shape index (κ3) is 3.05. The van der Waals surface area contributed by atoms with Crippen molar-refractivity contribution in [2.24, 2.45) is 0 Å². The summed E-state index contributed by atoms with van der Waals surface area (Å²) in [6, 6.07) is 1.89. The summed E-state index contributed by atoms with van der Waals surface area (Å²) < 4.78 is 11.9. The van der Waals surface area contributed by atoms with Gasteiger partial charge in [-0.2, -0.15) is 0 Å². The molecule has 0 amide bonds. The molecule has 0 bridgehead atoms. The van der Waals surface area contributed by atoms with Gasteiger partial charge in [-0.15, -0.1) is 0 Å². The van der Waals surface area contributed by atoms with E-state index in [4.69, 9.17) is 9.26 Å². The Morgan fingerprint density at radius 2 is 2.17 bits per heavy atom. The van der Waals surface area contributed by atoms with E-state index in [0.29, 0.717) is 5.75 Å². The van der Waals surface area contributed by atoms with Crippen LogP contribution in [0.5, 0.6) is 11.5 Å². The van der Waals surface area contributed by atoms with E-state index in [9.17, 15) is 5.11 Å². The highest BCUT2D eigenvalue weighted by atomic mass is 79.9. The number of benzene rings is 1. The normalized spacial score (nSPS) is 13.9. The maximum atomic E-state index is 9.36. The molecule has 1 aromatic carbocycles. The second-order valence-corrected chi connectivity index (χ2v) is 5.38. The van der Waals surface area contributed by atoms with Crippen molar-refractivity contribution in [3.05, 3.63) is 34.3 Å². The summed E-state index contributed by atoms with van der Waals surface area (Å²) in [5, 5.41) is 9.36. The number of hydrogen-bond acceptors (Lipinski definition) is 3. The Bertz CT molecular complexity index is 462. The predicted octanol–water partition coefficient (Wildman–Crippen LogP) is 3.55. The van der Waals surface area contributed by atoms with Crippen LogP contribution < -0.4 is 9.26 Å². The summed E-state index contributed by atoms with van der Waals surface area (Å²) >= 11 is 3.50. The van der Waals surface area contributed by atoms with E-state index in [1.165, 1.54) is 0 Å². The molecule has 3 nitrogen and oxygen atoms in total. The molecule has 0 fully saturated rings. The Kier molecular flexibility index (Phi) is 5.20. The Morgan fingerprint density at radius 3 is 2.61 bits per heavy atom. The Balaban J connectivity index is 3.26. The summed E-state index contributed by atoms with van der Waals surface area (Å²) in [7, 11) is 2.23. The summed E-state index contributed by atoms with van der Waals surface area (Å²) in [5.74, 6) is 1.45. The molecule has 0 aromatic heterocycles. The van der Waals surface area contributed by atoms with Gasteiger partial charge in [-0.3, -0.25) is 0 Å². The maximum absolute atomic E-state index is 9.36. The van der Waals surface area contributed by atoms with Crippen LogP contribution in [0, 0.1) is 13.8 Å². The molecule has 100 valence electrons. The Morgan fingerprint density at radius 1 is 1.56 bits per heavy atom. The monoisotopic (exact) mass is 332 g/mol. The molecule has 2 unspecified atom stereocenters. The summed E-state index contributed by atoms with van der Waals surface area (Å²) in [4.78, 5) is 0. The van der Waals surface area contributed by atoms with Crippen molar-refractivity contribution >= 4 is 25.4 Å². The molecule has 0 saturated heterocycles. The SMILES string of the molecule is C=CC(C)(CO)Oc1c(C)cc(OP)c(C)c1Br. The van der Waals surface area contributed by atoms with E-state index >= 15 is 0 Å². The molecule has 0 heterocycles. The van der Waals surface area contributed by atoms with Gasteiger partial charge in [0.1, 0.15) is 17.1 Å². The smallest absolute Gasteiger partial charge is 0.147 e. The van der Waals surface area contributed by atoms with E-state index in [2.05, 4.69) is 32.0 Å². The molecule has 18 heavy (non-hydrogen) atoms. The van der Waals surface area contributed by atoms with Gasteiger partial charge in [0.25, 0.3) is 0 Å². The second-order valence-electron chi connectivity index (χ2n) is 4.35. The molecule has 0 aliphatic carbocycles. The first kappa shape index (κ1) is 15.5. The van der Waals surface area contributed by atoms with Gasteiger partial charge in [0.2, 0.25) is 0 Å². The average Bonchev–Trinajstić information content (AvgIpc) is 2.38. The first-order valence-corrected chi connectivity index (χ1v) is 6.75. The fourth-order valence-electron chi connectivity index (χ4n) is 1.44. The van der Waals surface area contributed by atoms with Crippen LogP contribution in [0.3, 0.4) is 0 Å². The van der Waals surface area contributed by atoms with Crippen LogP contribution in [0.2, 0.25) is 0 Å². The van der Waals surface area contributed by atoms with Gasteiger partial charge < -0.3 is 14.4 Å². The Labute approximate surface area is 119 Å². The minimum Gasteiger partial charge on any atom is -0.480 e. The van der Waals surface area contributed by atoms with E-state index in [0.717, 1.165) is 21.3 Å². The van der Waals surface area contributed by atoms with Crippen molar-refractivity contribution in [2.75, 3.05) is 6.61 Å². The van der Waals surface area contributed by atoms with Gasteiger partial charge >= 0.3 is 0 Å². The Hall–Kier alpha value is -0.570. The van der Waals surface area contributed by atoms with E-state index < -0.39 is 5.60 Å². The highest BCUT2D eigenvalue weighted by Crippen LogP contribution is 2.40. The van der Waals surface area contributed by atoms with Crippen molar-refractivity contribution in [3.8, 4) is 11.5 Å². The lowest BCUT2D eigenvalue weighted by atomic mass is 10.1. The first-order chi connectivity index (χ1) is 8.38. The lowest BCUT2D eigenvalue weighted by Crippen LogP contribution is -2.34. The largest absolute Gasteiger partial charge is 0.480 e. The predicted molar refractivity (Wildman–Crippen MR) is 80.3 cm³/mol. The highest BCUT2D eigenvalue weighted by molar-refractivity contribution is 9.10. The molecule has 1 rings (SSSR count). The minimum atomic E-state index is -0.803. The molecule has 2 atom stereocenters. The number of rotatable bonds is 5. The molecule has 0 aliphatic rings. The van der Waals surface area contributed by atoms with Crippen molar-refractivity contribution in [2.45, 2.75) is 26.4 Å². The van der Waals surface area contributed by atoms with Crippen LogP contribution >= 0.6 is 25.4 Å². The zero-order valence-corrected chi connectivity index (χ0v) is 13.5. The second kappa shape index (κ2) is 6.05. The van der Waals surface area contributed by atoms with Crippen molar-refractivity contribution in [3.63, 3.8) is 0 Å². The van der Waals surface area contributed by atoms with Gasteiger partial charge in [0, 0.05) is 5.56 Å². The number of aliphatic hydroxyl groups excluding tert-OH is 1. The van der Waals surface area contributed by atoms with Crippen LogP contribution in [0.15, 0.2) is 23.2 Å². The van der Waals surface area contributed by atoms with Crippen LogP contribution in [0.4, 0.5) is 0 Å². The fraction of sp³-hybridized carbons (Fsp3) is 0.385. The quantitative estimate of drug-likeness (QED) is 0.662. The van der Waals surface area contributed by atoms with Crippen molar-refractivity contribution in [1.29, 1.82) is 0 Å². The van der Waals surface area contributed by atoms with Gasteiger partial charge in [-0.1, -0.05) is 6.58 Å². The third-order valence-electron chi connectivity index (χ3n) is 2.81. The van der Waals surface area contributed by atoms with Crippen LogP contribution in [-0.4, -0.2) is 17.3 Å². The van der Waals surface area contributed by atoms with Gasteiger partial charge in [0.15, 0.2) is 0 Å². The molecule has 0 radical (unpaired) electrons. The molecular formula is C13H18BrO3P. The number of aliphatic hydroxyl groups is 1. The van der Waals surface area contributed by atoms with E-state index in [-0.39, 0.29) is 6.61 Å². The van der Waals surface area contributed by atoms with E-state index in [1.54, 1.807) is 13.0 Å². The molecule has 0 aliphatic heterocycles. The van der Waals surface area contributed by atoms with Crippen molar-refractivity contribution in [1.82, 2.24) is 0 Å². The van der Waals surface area contributed by atoms with Gasteiger partial charge in [0.05, 0.1) is 20.5 Å². The lowest BCUT2D eigenvalue weighted by Gasteiger charge is -2.27. The average molecular weight is 333 g/mol. The molecular weight excluding hydrogens is 315 g/mol. The fourth-order valence-corrected chi connectivity index (χ4v) is 2.28. The zero-order valence-electron chi connectivity index (χ0n) is 10.8. The molecule has 1 aromatic rings. The van der Waals surface area contributed by atoms with Crippen molar-refractivity contribution < 1.29 is 14.4 Å². The number of ether oxygens (including phenoxy) is 1. The summed E-state index contributed by atoms with van der Waals surface area (Å²) in [5.41, 5.74) is 1.06. The van der Waals surface area contributed by atoms with Crippen LogP contribution in [-0.2, 0) is 0 Å². The highest BCUT2D eigenvalue weighted by Gasteiger charge is 2.24. The molecule has 0 spiro atoms. The van der Waals surface area contributed by atoms with Crippen LogP contribution in [0.25, 0.3) is 0 Å².